The summed E-state index contributed by atoms with van der Waals surface area (Å²) < 4.78 is 0. The molecule has 1 rings (SSSR count). The molecule has 0 aliphatic heterocycles. The van der Waals surface area contributed by atoms with E-state index in [9.17, 15) is 9.59 Å². The van der Waals surface area contributed by atoms with Gasteiger partial charge >= 0.3 is 0 Å². The van der Waals surface area contributed by atoms with E-state index >= 15 is 0 Å². The van der Waals surface area contributed by atoms with Crippen LogP contribution < -0.4 is 16.4 Å². The second-order valence-electron chi connectivity index (χ2n) is 3.41. The molecule has 6 heteroatoms. The molecule has 0 saturated heterocycles. The number of nitrogens with two attached hydrogens (primary N) is 1. The van der Waals surface area contributed by atoms with Crippen LogP contribution in [0.1, 0.15) is 10.4 Å². The third kappa shape index (κ3) is 4.09. The van der Waals surface area contributed by atoms with Crippen molar-refractivity contribution in [3.63, 3.8) is 0 Å². The topological polar surface area (TPSA) is 84.2 Å². The summed E-state index contributed by atoms with van der Waals surface area (Å²) in [5.74, 6) is 1.42. The number of primary amides is 1. The van der Waals surface area contributed by atoms with E-state index < -0.39 is 5.91 Å². The van der Waals surface area contributed by atoms with Crippen molar-refractivity contribution in [2.75, 3.05) is 18.4 Å². The molecule has 1 aromatic carbocycles. The number of carbonyl (C=O) groups is 2. The maximum Gasteiger partial charge on any atom is 0.250 e. The Morgan fingerprint density at radius 2 is 2.17 bits per heavy atom. The van der Waals surface area contributed by atoms with Gasteiger partial charge in [-0.3, -0.25) is 14.9 Å². The predicted octanol–water partition coefficient (Wildman–Crippen LogP) is 0.600. The SMILES string of the molecule is C#CCNCC(=O)Nc1ccc(Cl)c(C(N)=O)c1. The molecule has 0 aliphatic carbocycles. The summed E-state index contributed by atoms with van der Waals surface area (Å²) >= 11 is 5.78. The summed E-state index contributed by atoms with van der Waals surface area (Å²) in [5, 5.41) is 5.57. The van der Waals surface area contributed by atoms with Crippen LogP contribution in [-0.4, -0.2) is 24.9 Å². The van der Waals surface area contributed by atoms with Crippen LogP contribution in [-0.2, 0) is 4.79 Å². The average molecular weight is 266 g/mol. The number of amides is 2. The fourth-order valence-corrected chi connectivity index (χ4v) is 1.46. The molecular formula is C12H12ClN3O2. The zero-order valence-corrected chi connectivity index (χ0v) is 10.3. The highest BCUT2D eigenvalue weighted by Gasteiger charge is 2.09. The van der Waals surface area contributed by atoms with Crippen LogP contribution in [0.3, 0.4) is 0 Å². The van der Waals surface area contributed by atoms with Gasteiger partial charge in [-0.1, -0.05) is 17.5 Å². The highest BCUT2D eigenvalue weighted by atomic mass is 35.5. The molecule has 0 aromatic heterocycles. The van der Waals surface area contributed by atoms with Crippen molar-refractivity contribution in [2.24, 2.45) is 5.73 Å². The van der Waals surface area contributed by atoms with Crippen molar-refractivity contribution in [1.82, 2.24) is 5.32 Å². The molecule has 1 aromatic rings. The van der Waals surface area contributed by atoms with Crippen molar-refractivity contribution in [2.45, 2.75) is 0 Å². The highest BCUT2D eigenvalue weighted by Crippen LogP contribution is 2.19. The van der Waals surface area contributed by atoms with E-state index in [1.165, 1.54) is 12.1 Å². The summed E-state index contributed by atoms with van der Waals surface area (Å²) in [6, 6.07) is 4.49. The smallest absolute Gasteiger partial charge is 0.250 e. The van der Waals surface area contributed by atoms with Gasteiger partial charge in [-0.25, -0.2) is 0 Å². The zero-order chi connectivity index (χ0) is 13.5. The zero-order valence-electron chi connectivity index (χ0n) is 9.50. The normalized spacial score (nSPS) is 9.56. The van der Waals surface area contributed by atoms with Crippen LogP contribution in [0.5, 0.6) is 0 Å². The molecule has 0 fully saturated rings. The lowest BCUT2D eigenvalue weighted by Gasteiger charge is -2.07. The van der Waals surface area contributed by atoms with Crippen LogP contribution in [0.4, 0.5) is 5.69 Å². The largest absolute Gasteiger partial charge is 0.366 e. The van der Waals surface area contributed by atoms with Gasteiger partial charge in [0, 0.05) is 5.69 Å². The Kier molecular flexibility index (Phi) is 5.18. The standard InChI is InChI=1S/C12H12ClN3O2/c1-2-5-15-7-11(17)16-8-3-4-10(13)9(6-8)12(14)18/h1,3-4,6,15H,5,7H2,(H2,14,18)(H,16,17). The van der Waals surface area contributed by atoms with Gasteiger partial charge < -0.3 is 11.1 Å². The van der Waals surface area contributed by atoms with Gasteiger partial charge in [-0.15, -0.1) is 6.42 Å². The second kappa shape index (κ2) is 6.64. The fourth-order valence-electron chi connectivity index (χ4n) is 1.25. The predicted molar refractivity (Wildman–Crippen MR) is 70.3 cm³/mol. The van der Waals surface area contributed by atoms with Gasteiger partial charge in [0.25, 0.3) is 0 Å². The summed E-state index contributed by atoms with van der Waals surface area (Å²) in [4.78, 5) is 22.5. The van der Waals surface area contributed by atoms with Gasteiger partial charge in [0.15, 0.2) is 0 Å². The van der Waals surface area contributed by atoms with Crippen LogP contribution in [0.15, 0.2) is 18.2 Å². The Hall–Kier alpha value is -2.03. The van der Waals surface area contributed by atoms with E-state index in [0.29, 0.717) is 12.2 Å². The second-order valence-corrected chi connectivity index (χ2v) is 3.82. The van der Waals surface area contributed by atoms with Crippen molar-refractivity contribution in [3.8, 4) is 12.3 Å². The Morgan fingerprint density at radius 3 is 2.78 bits per heavy atom. The van der Waals surface area contributed by atoms with E-state index in [1.54, 1.807) is 6.07 Å². The summed E-state index contributed by atoms with van der Waals surface area (Å²) in [5.41, 5.74) is 5.75. The molecule has 0 unspecified atom stereocenters. The summed E-state index contributed by atoms with van der Waals surface area (Å²) in [6.45, 7) is 0.388. The van der Waals surface area contributed by atoms with Gasteiger partial charge in [0.2, 0.25) is 11.8 Å². The Labute approximate surface area is 110 Å². The Morgan fingerprint density at radius 1 is 1.44 bits per heavy atom. The van der Waals surface area contributed by atoms with Gasteiger partial charge in [0.1, 0.15) is 0 Å². The fraction of sp³-hybridized carbons (Fsp3) is 0.167. The van der Waals surface area contributed by atoms with E-state index in [1.807, 2.05) is 0 Å². The first-order valence-corrected chi connectivity index (χ1v) is 5.45. The lowest BCUT2D eigenvalue weighted by molar-refractivity contribution is -0.115. The number of anilines is 1. The molecule has 94 valence electrons. The maximum absolute atomic E-state index is 11.5. The minimum Gasteiger partial charge on any atom is -0.366 e. The summed E-state index contributed by atoms with van der Waals surface area (Å²) in [6.07, 6.45) is 5.03. The number of terminal acetylenes is 1. The molecule has 0 spiro atoms. The monoisotopic (exact) mass is 265 g/mol. The van der Waals surface area contributed by atoms with E-state index in [4.69, 9.17) is 23.8 Å². The third-order valence-electron chi connectivity index (χ3n) is 2.03. The number of nitrogens with one attached hydrogen (secondary N) is 2. The van der Waals surface area contributed by atoms with Crippen molar-refractivity contribution < 1.29 is 9.59 Å². The quantitative estimate of drug-likeness (QED) is 0.538. The van der Waals surface area contributed by atoms with Crippen LogP contribution >= 0.6 is 11.6 Å². The minimum atomic E-state index is -0.651. The lowest BCUT2D eigenvalue weighted by Crippen LogP contribution is -2.28. The Bertz CT molecular complexity index is 509. The van der Waals surface area contributed by atoms with Crippen LogP contribution in [0.25, 0.3) is 0 Å². The molecule has 0 atom stereocenters. The first-order chi connectivity index (χ1) is 8.54. The molecule has 4 N–H and O–H groups in total. The van der Waals surface area contributed by atoms with Gasteiger partial charge in [-0.2, -0.15) is 0 Å². The van der Waals surface area contributed by atoms with Gasteiger partial charge in [-0.05, 0) is 18.2 Å². The molecule has 0 saturated carbocycles. The van der Waals surface area contributed by atoms with E-state index in [-0.39, 0.29) is 23.0 Å². The third-order valence-corrected chi connectivity index (χ3v) is 2.36. The number of rotatable bonds is 5. The van der Waals surface area contributed by atoms with E-state index in [0.717, 1.165) is 0 Å². The molecular weight excluding hydrogens is 254 g/mol. The maximum atomic E-state index is 11.5. The minimum absolute atomic E-state index is 0.0821. The van der Waals surface area contributed by atoms with Crippen molar-refractivity contribution in [3.05, 3.63) is 28.8 Å². The number of benzene rings is 1. The first kappa shape index (κ1) is 14.0. The average Bonchev–Trinajstić information content (AvgIpc) is 2.31. The Balaban J connectivity index is 2.68. The number of hydrogen-bond acceptors (Lipinski definition) is 3. The molecule has 0 radical (unpaired) electrons. The molecule has 0 aliphatic rings. The number of carbonyl (C=O) groups excluding carboxylic acids is 2. The molecule has 0 heterocycles. The molecule has 5 nitrogen and oxygen atoms in total. The van der Waals surface area contributed by atoms with E-state index in [2.05, 4.69) is 16.6 Å². The highest BCUT2D eigenvalue weighted by molar-refractivity contribution is 6.33. The van der Waals surface area contributed by atoms with Crippen LogP contribution in [0, 0.1) is 12.3 Å². The summed E-state index contributed by atoms with van der Waals surface area (Å²) in [7, 11) is 0. The van der Waals surface area contributed by atoms with Crippen LogP contribution in [0.2, 0.25) is 5.02 Å². The molecule has 18 heavy (non-hydrogen) atoms. The first-order valence-electron chi connectivity index (χ1n) is 5.08. The number of halogens is 1. The van der Waals surface area contributed by atoms with Crippen molar-refractivity contribution >= 4 is 29.1 Å². The molecule has 0 bridgehead atoms. The van der Waals surface area contributed by atoms with Crippen molar-refractivity contribution in [1.29, 1.82) is 0 Å². The lowest BCUT2D eigenvalue weighted by atomic mass is 10.2. The van der Waals surface area contributed by atoms with Gasteiger partial charge in [0.05, 0.1) is 23.7 Å². The number of hydrogen-bond donors (Lipinski definition) is 3. The molecule has 2 amide bonds.